The molecule has 60 valence electrons. The molecule has 0 bridgehead atoms. The summed E-state index contributed by atoms with van der Waals surface area (Å²) in [5.74, 6) is 0.635. The number of amides is 1. The zero-order valence-corrected chi connectivity index (χ0v) is 6.44. The molecule has 0 saturated carbocycles. The summed E-state index contributed by atoms with van der Waals surface area (Å²) < 4.78 is 4.98. The van der Waals surface area contributed by atoms with Gasteiger partial charge in [0.05, 0.1) is 12.3 Å². The number of carbonyl (C=O) groups is 1. The van der Waals surface area contributed by atoms with Gasteiger partial charge in [-0.15, -0.1) is 0 Å². The Kier molecular flexibility index (Phi) is 4.37. The second-order valence-corrected chi connectivity index (χ2v) is 2.03. The summed E-state index contributed by atoms with van der Waals surface area (Å²) >= 11 is 0. The third-order valence-electron chi connectivity index (χ3n) is 0.824. The van der Waals surface area contributed by atoms with Gasteiger partial charge in [-0.05, 0) is 6.92 Å². The van der Waals surface area contributed by atoms with Crippen LogP contribution in [0.4, 0.5) is 0 Å². The number of rotatable bonds is 4. The van der Waals surface area contributed by atoms with E-state index in [1.807, 2.05) is 0 Å². The van der Waals surface area contributed by atoms with Crippen molar-refractivity contribution < 1.29 is 11.0 Å². The Labute approximate surface area is 62.5 Å². The number of carbonyl (C=O) groups excluding carboxylic acids is 1. The van der Waals surface area contributed by atoms with Crippen LogP contribution in [-0.2, 0) is 9.53 Å². The lowest BCUT2D eigenvalue weighted by atomic mass is 10.6. The molecule has 0 rings (SSSR count). The van der Waals surface area contributed by atoms with Gasteiger partial charge in [0, 0.05) is 8.35 Å². The van der Waals surface area contributed by atoms with Crippen molar-refractivity contribution in [3.63, 3.8) is 0 Å². The second-order valence-electron chi connectivity index (χ2n) is 2.03. The Hall–Kier alpha value is -0.990. The predicted molar refractivity (Wildman–Crippen MR) is 41.6 cm³/mol. The summed E-state index contributed by atoms with van der Waals surface area (Å²) in [4.78, 5) is 10.3. The molecule has 0 heterocycles. The predicted octanol–water partition coefficient (Wildman–Crippen LogP) is 0.919. The molecule has 0 unspecified atom stereocenters. The Morgan fingerprint density at radius 2 is 2.30 bits per heavy atom. The first-order chi connectivity index (χ1) is 4.63. The maximum Gasteiger partial charge on any atom is 0.216 e. The monoisotopic (exact) mass is 145 g/mol. The van der Waals surface area contributed by atoms with E-state index in [2.05, 4.69) is 11.9 Å². The van der Waals surface area contributed by atoms with Gasteiger partial charge in [0.25, 0.3) is 0 Å². The fraction of sp³-hybridized carbons (Fsp3) is 0.571. The van der Waals surface area contributed by atoms with Crippen molar-refractivity contribution in [3.8, 4) is 0 Å². The zero-order valence-electron chi connectivity index (χ0n) is 6.44. The molecule has 3 heteroatoms. The van der Waals surface area contributed by atoms with E-state index in [1.54, 1.807) is 6.92 Å². The van der Waals surface area contributed by atoms with E-state index in [1.165, 1.54) is 6.92 Å². The lowest BCUT2D eigenvalue weighted by Gasteiger charge is -2.04. The summed E-state index contributed by atoms with van der Waals surface area (Å²) in [6.07, 6.45) is 0. The largest absolute Gasteiger partial charge is 0.497 e. The molecule has 0 radical (unpaired) electrons. The Morgan fingerprint density at radius 3 is 2.70 bits per heavy atom. The highest BCUT2D eigenvalue weighted by Crippen LogP contribution is 1.86. The summed E-state index contributed by atoms with van der Waals surface area (Å²) in [5, 5.41) is 2.60. The van der Waals surface area contributed by atoms with Gasteiger partial charge in [-0.1, -0.05) is 6.58 Å². The Bertz CT molecular complexity index is 120. The quantitative estimate of drug-likeness (QED) is 0.472. The van der Waals surface area contributed by atoms with Gasteiger partial charge < -0.3 is 10.1 Å². The minimum absolute atomic E-state index is 0. The second kappa shape index (κ2) is 4.85. The highest BCUT2D eigenvalue weighted by atomic mass is 16.5. The van der Waals surface area contributed by atoms with Gasteiger partial charge in [-0.3, -0.25) is 4.79 Å². The molecule has 0 aliphatic carbocycles. The van der Waals surface area contributed by atoms with Gasteiger partial charge in [0.1, 0.15) is 6.61 Å². The van der Waals surface area contributed by atoms with E-state index < -0.39 is 0 Å². The molecule has 3 nitrogen and oxygen atoms in total. The third kappa shape index (κ3) is 7.01. The molecule has 0 fully saturated rings. The number of hydrogen-bond acceptors (Lipinski definition) is 2. The highest BCUT2D eigenvalue weighted by Gasteiger charge is 1.89. The lowest BCUT2D eigenvalue weighted by Crippen LogP contribution is -2.24. The zero-order chi connectivity index (χ0) is 7.98. The van der Waals surface area contributed by atoms with Gasteiger partial charge in [0.2, 0.25) is 5.91 Å². The smallest absolute Gasteiger partial charge is 0.216 e. The van der Waals surface area contributed by atoms with E-state index in [-0.39, 0.29) is 7.33 Å². The molecular weight excluding hydrogens is 130 g/mol. The maximum absolute atomic E-state index is 10.3. The average Bonchev–Trinajstić information content (AvgIpc) is 1.79. The van der Waals surface area contributed by atoms with Gasteiger partial charge in [-0.25, -0.2) is 0 Å². The summed E-state index contributed by atoms with van der Waals surface area (Å²) in [6, 6.07) is 0. The topological polar surface area (TPSA) is 38.3 Å². The van der Waals surface area contributed by atoms with Crippen molar-refractivity contribution in [1.29, 1.82) is 0 Å². The number of allylic oxidation sites excluding steroid dienone is 1. The molecule has 1 N–H and O–H groups in total. The van der Waals surface area contributed by atoms with Crippen molar-refractivity contribution in [2.45, 2.75) is 13.8 Å². The minimum atomic E-state index is -0.0367. The van der Waals surface area contributed by atoms with Gasteiger partial charge >= 0.3 is 0 Å². The van der Waals surface area contributed by atoms with E-state index in [0.717, 1.165) is 0 Å². The van der Waals surface area contributed by atoms with Gasteiger partial charge in [0.15, 0.2) is 0 Å². The SMILES string of the molecule is C=C(C)OCCNC(C)=O.[HH]. The fourth-order valence-electron chi connectivity index (χ4n) is 0.452. The first-order valence-corrected chi connectivity index (χ1v) is 3.15. The average molecular weight is 145 g/mol. The third-order valence-corrected chi connectivity index (χ3v) is 0.824. The first-order valence-electron chi connectivity index (χ1n) is 3.15. The summed E-state index contributed by atoms with van der Waals surface area (Å²) in [7, 11) is 0. The molecule has 1 amide bonds. The minimum Gasteiger partial charge on any atom is -0.497 e. The number of nitrogens with one attached hydrogen (secondary N) is 1. The molecule has 0 aliphatic heterocycles. The number of hydrogen-bond donors (Lipinski definition) is 1. The molecule has 0 atom stereocenters. The molecule has 0 aromatic carbocycles. The van der Waals surface area contributed by atoms with Gasteiger partial charge in [-0.2, -0.15) is 0 Å². The van der Waals surface area contributed by atoms with E-state index in [9.17, 15) is 4.79 Å². The van der Waals surface area contributed by atoms with Crippen molar-refractivity contribution in [2.24, 2.45) is 0 Å². The molecule has 0 aromatic heterocycles. The van der Waals surface area contributed by atoms with Crippen LogP contribution in [0.15, 0.2) is 12.3 Å². The molecular formula is C7H15NO2. The van der Waals surface area contributed by atoms with Crippen molar-refractivity contribution in [1.82, 2.24) is 5.32 Å². The van der Waals surface area contributed by atoms with Crippen LogP contribution in [0.3, 0.4) is 0 Å². The molecule has 0 saturated heterocycles. The molecule has 0 aromatic rings. The molecule has 0 spiro atoms. The molecule has 0 aliphatic rings. The van der Waals surface area contributed by atoms with Crippen molar-refractivity contribution in [2.75, 3.05) is 13.2 Å². The van der Waals surface area contributed by atoms with Crippen LogP contribution < -0.4 is 5.32 Å². The van der Waals surface area contributed by atoms with Crippen LogP contribution in [0, 0.1) is 0 Å². The van der Waals surface area contributed by atoms with E-state index in [0.29, 0.717) is 18.9 Å². The standard InChI is InChI=1S/C7H13NO2.H2/c1-6(2)10-5-4-8-7(3)9;/h1,4-5H2,2-3H3,(H,8,9);1H. The number of ether oxygens (including phenoxy) is 1. The summed E-state index contributed by atoms with van der Waals surface area (Å²) in [5.41, 5.74) is 0. The van der Waals surface area contributed by atoms with Crippen LogP contribution in [0.1, 0.15) is 15.3 Å². The van der Waals surface area contributed by atoms with Crippen LogP contribution in [0.25, 0.3) is 0 Å². The van der Waals surface area contributed by atoms with Crippen LogP contribution in [0.5, 0.6) is 0 Å². The Balaban J connectivity index is 0. The van der Waals surface area contributed by atoms with Crippen molar-refractivity contribution >= 4 is 5.91 Å². The normalized spacial score (nSPS) is 8.60. The lowest BCUT2D eigenvalue weighted by molar-refractivity contribution is -0.119. The fourth-order valence-corrected chi connectivity index (χ4v) is 0.452. The van der Waals surface area contributed by atoms with Crippen LogP contribution in [0.2, 0.25) is 0 Å². The highest BCUT2D eigenvalue weighted by molar-refractivity contribution is 5.72. The van der Waals surface area contributed by atoms with E-state index in [4.69, 9.17) is 4.74 Å². The maximum atomic E-state index is 10.3. The summed E-state index contributed by atoms with van der Waals surface area (Å²) in [6.45, 7) is 7.82. The van der Waals surface area contributed by atoms with E-state index >= 15 is 0 Å². The van der Waals surface area contributed by atoms with Crippen LogP contribution >= 0.6 is 0 Å². The van der Waals surface area contributed by atoms with Crippen molar-refractivity contribution in [3.05, 3.63) is 12.3 Å². The first kappa shape index (κ1) is 9.01. The van der Waals surface area contributed by atoms with Crippen LogP contribution in [-0.4, -0.2) is 19.1 Å². The molecule has 10 heavy (non-hydrogen) atoms. The Morgan fingerprint density at radius 1 is 1.70 bits per heavy atom.